The normalized spacial score (nSPS) is 27.0. The Labute approximate surface area is 163 Å². The minimum absolute atomic E-state index is 0.232. The third kappa shape index (κ3) is 5.20. The molecule has 10 heteroatoms. The molecule has 0 heterocycles. The van der Waals surface area contributed by atoms with Crippen molar-refractivity contribution in [3.63, 3.8) is 0 Å². The van der Waals surface area contributed by atoms with Crippen molar-refractivity contribution in [2.24, 2.45) is 23.2 Å². The molecule has 7 nitrogen and oxygen atoms in total. The zero-order chi connectivity index (χ0) is 21.3. The number of hydrogen-bond acceptors (Lipinski definition) is 6. The van der Waals surface area contributed by atoms with Crippen LogP contribution in [0.2, 0.25) is 0 Å². The summed E-state index contributed by atoms with van der Waals surface area (Å²) < 4.78 is 65.8. The Morgan fingerprint density at radius 2 is 1.64 bits per heavy atom. The monoisotopic (exact) mass is 426 g/mol. The molecule has 0 aromatic carbocycles. The van der Waals surface area contributed by atoms with Crippen LogP contribution in [0.15, 0.2) is 0 Å². The molecular formula is C18H28F2O7S. The minimum atomic E-state index is -5.95. The van der Waals surface area contributed by atoms with Crippen LogP contribution in [0.3, 0.4) is 0 Å². The average molecular weight is 426 g/mol. The smallest absolute Gasteiger partial charge is 0.462 e. The van der Waals surface area contributed by atoms with Gasteiger partial charge in [0.05, 0.1) is 5.41 Å². The van der Waals surface area contributed by atoms with Crippen LogP contribution >= 0.6 is 0 Å². The second kappa shape index (κ2) is 8.22. The summed E-state index contributed by atoms with van der Waals surface area (Å²) in [5.41, 5.74) is -1.45. The third-order valence-corrected chi connectivity index (χ3v) is 6.61. The van der Waals surface area contributed by atoms with Gasteiger partial charge in [-0.2, -0.15) is 17.2 Å². The fraction of sp³-hybridized carbons (Fsp3) is 0.889. The van der Waals surface area contributed by atoms with E-state index in [1.165, 1.54) is 39.5 Å². The Morgan fingerprint density at radius 1 is 1.11 bits per heavy atom. The lowest BCUT2D eigenvalue weighted by Gasteiger charge is -2.41. The lowest BCUT2D eigenvalue weighted by Crippen LogP contribution is -2.42. The number of carbonyl (C=O) groups is 2. The van der Waals surface area contributed by atoms with E-state index in [-0.39, 0.29) is 12.0 Å². The highest BCUT2D eigenvalue weighted by Crippen LogP contribution is 2.44. The van der Waals surface area contributed by atoms with E-state index in [0.29, 0.717) is 11.8 Å². The van der Waals surface area contributed by atoms with Gasteiger partial charge < -0.3 is 9.47 Å². The topological polar surface area (TPSA) is 107 Å². The molecule has 2 rings (SSSR count). The van der Waals surface area contributed by atoms with E-state index >= 15 is 0 Å². The number of carbonyl (C=O) groups excluding carboxylic acids is 2. The molecule has 28 heavy (non-hydrogen) atoms. The van der Waals surface area contributed by atoms with Crippen molar-refractivity contribution in [3.8, 4) is 0 Å². The van der Waals surface area contributed by atoms with E-state index in [1.807, 2.05) is 0 Å². The predicted molar refractivity (Wildman–Crippen MR) is 95.0 cm³/mol. The van der Waals surface area contributed by atoms with E-state index in [4.69, 9.17) is 9.29 Å². The first-order valence-corrected chi connectivity index (χ1v) is 10.9. The summed E-state index contributed by atoms with van der Waals surface area (Å²) in [7, 11) is -5.95. The van der Waals surface area contributed by atoms with Crippen molar-refractivity contribution in [3.05, 3.63) is 0 Å². The number of alkyl halides is 2. The van der Waals surface area contributed by atoms with Crippen molar-refractivity contribution < 1.29 is 40.8 Å². The van der Waals surface area contributed by atoms with Gasteiger partial charge in [0, 0.05) is 0 Å². The molecule has 0 radical (unpaired) electrons. The largest absolute Gasteiger partial charge is 0.465 e. The first-order valence-electron chi connectivity index (χ1n) is 9.47. The van der Waals surface area contributed by atoms with Crippen molar-refractivity contribution in [1.82, 2.24) is 0 Å². The Morgan fingerprint density at radius 3 is 2.14 bits per heavy atom. The summed E-state index contributed by atoms with van der Waals surface area (Å²) >= 11 is 0. The van der Waals surface area contributed by atoms with Gasteiger partial charge in [0.15, 0.2) is 0 Å². The van der Waals surface area contributed by atoms with E-state index < -0.39 is 39.3 Å². The third-order valence-electron chi connectivity index (χ3n) is 5.80. The van der Waals surface area contributed by atoms with Gasteiger partial charge in [0.2, 0.25) is 0 Å². The van der Waals surface area contributed by atoms with Gasteiger partial charge in [-0.3, -0.25) is 9.35 Å². The van der Waals surface area contributed by atoms with Crippen LogP contribution in [0.25, 0.3) is 0 Å². The Hall–Kier alpha value is -1.29. The van der Waals surface area contributed by atoms with E-state index in [2.05, 4.69) is 4.74 Å². The molecule has 2 aliphatic rings. The number of esters is 2. The lowest BCUT2D eigenvalue weighted by atomic mass is 9.67. The number of ether oxygens (including phenoxy) is 2. The Balaban J connectivity index is 1.90. The molecule has 2 saturated carbocycles. The van der Waals surface area contributed by atoms with Crippen LogP contribution in [0, 0.1) is 23.2 Å². The highest BCUT2D eigenvalue weighted by molar-refractivity contribution is 7.87. The maximum Gasteiger partial charge on any atom is 0.465 e. The zero-order valence-electron chi connectivity index (χ0n) is 16.3. The molecule has 1 N–H and O–H groups in total. The van der Waals surface area contributed by atoms with Crippen LogP contribution < -0.4 is 0 Å². The van der Waals surface area contributed by atoms with Gasteiger partial charge in [0.1, 0.15) is 12.7 Å². The number of halogens is 2. The van der Waals surface area contributed by atoms with Crippen molar-refractivity contribution in [2.45, 2.75) is 70.7 Å². The van der Waals surface area contributed by atoms with Crippen LogP contribution in [0.5, 0.6) is 0 Å². The van der Waals surface area contributed by atoms with Gasteiger partial charge in [-0.05, 0) is 57.8 Å². The SMILES string of the molecule is CC(OC(=O)C(C)(C)COC(=O)C(F)(F)S(=O)(=O)O)C1CC2CCCC(C2)C1. The Bertz CT molecular complexity index is 693. The summed E-state index contributed by atoms with van der Waals surface area (Å²) in [6, 6.07) is 0. The summed E-state index contributed by atoms with van der Waals surface area (Å²) in [6.07, 6.45) is 6.46. The average Bonchev–Trinajstić information content (AvgIpc) is 2.58. The molecule has 2 aliphatic carbocycles. The van der Waals surface area contributed by atoms with Crippen LogP contribution in [0.1, 0.15) is 59.3 Å². The fourth-order valence-corrected chi connectivity index (χ4v) is 4.35. The highest BCUT2D eigenvalue weighted by Gasteiger charge is 2.54. The van der Waals surface area contributed by atoms with Crippen LogP contribution in [0.4, 0.5) is 8.78 Å². The van der Waals surface area contributed by atoms with Gasteiger partial charge in [-0.25, -0.2) is 4.79 Å². The van der Waals surface area contributed by atoms with Crippen LogP contribution in [-0.2, 0) is 29.2 Å². The molecule has 2 fully saturated rings. The second-order valence-corrected chi connectivity index (χ2v) is 10.2. The number of rotatable bonds is 7. The Kier molecular flexibility index (Phi) is 6.75. The summed E-state index contributed by atoms with van der Waals surface area (Å²) in [5, 5.41) is -5.10. The predicted octanol–water partition coefficient (Wildman–Crippen LogP) is 3.18. The maximum atomic E-state index is 13.2. The zero-order valence-corrected chi connectivity index (χ0v) is 17.1. The summed E-state index contributed by atoms with van der Waals surface area (Å²) in [6.45, 7) is 3.68. The molecule has 0 aromatic heterocycles. The lowest BCUT2D eigenvalue weighted by molar-refractivity contribution is -0.174. The van der Waals surface area contributed by atoms with Gasteiger partial charge >= 0.3 is 27.3 Å². The summed E-state index contributed by atoms with van der Waals surface area (Å²) in [4.78, 5) is 23.8. The first-order chi connectivity index (χ1) is 12.7. The molecule has 3 unspecified atom stereocenters. The molecule has 0 saturated heterocycles. The number of fused-ring (bicyclic) bond motifs is 2. The van der Waals surface area contributed by atoms with E-state index in [1.54, 1.807) is 6.92 Å². The molecule has 2 bridgehead atoms. The van der Waals surface area contributed by atoms with Crippen LogP contribution in [-0.4, -0.2) is 42.9 Å². The molecule has 3 atom stereocenters. The molecule has 0 aromatic rings. The standard InChI is InChI=1S/C18H28F2O7S/c1-11(14-8-12-5-4-6-13(7-12)9-14)27-15(21)17(2,3)10-26-16(22)18(19,20)28(23,24)25/h11-14H,4-10H2,1-3H3,(H,23,24,25). The van der Waals surface area contributed by atoms with E-state index in [9.17, 15) is 26.8 Å². The molecule has 0 amide bonds. The van der Waals surface area contributed by atoms with Crippen molar-refractivity contribution >= 4 is 22.1 Å². The fourth-order valence-electron chi connectivity index (χ4n) is 4.09. The quantitative estimate of drug-likeness (QED) is 0.492. The van der Waals surface area contributed by atoms with Gasteiger partial charge in [-0.15, -0.1) is 0 Å². The molecule has 162 valence electrons. The van der Waals surface area contributed by atoms with Crippen molar-refractivity contribution in [2.75, 3.05) is 6.61 Å². The van der Waals surface area contributed by atoms with E-state index in [0.717, 1.165) is 12.8 Å². The molecular weight excluding hydrogens is 398 g/mol. The van der Waals surface area contributed by atoms with Crippen molar-refractivity contribution in [1.29, 1.82) is 0 Å². The summed E-state index contributed by atoms with van der Waals surface area (Å²) in [5.74, 6) is -1.64. The first kappa shape index (κ1) is 23.0. The highest BCUT2D eigenvalue weighted by atomic mass is 32.2. The molecule has 0 aliphatic heterocycles. The molecule has 0 spiro atoms. The second-order valence-electron chi connectivity index (χ2n) is 8.69. The van der Waals surface area contributed by atoms with Gasteiger partial charge in [-0.1, -0.05) is 19.3 Å². The maximum absolute atomic E-state index is 13.2. The number of hydrogen-bond donors (Lipinski definition) is 1. The minimum Gasteiger partial charge on any atom is -0.462 e. The van der Waals surface area contributed by atoms with Gasteiger partial charge in [0.25, 0.3) is 0 Å².